The lowest BCUT2D eigenvalue weighted by Crippen LogP contribution is -2.00. The summed E-state index contributed by atoms with van der Waals surface area (Å²) < 4.78 is 0. The number of hydrogen-bond acceptors (Lipinski definition) is 3. The Balaban J connectivity index is 3.22. The second-order valence-corrected chi connectivity index (χ2v) is 3.09. The quantitative estimate of drug-likeness (QED) is 0.733. The molecule has 12 heavy (non-hydrogen) atoms. The van der Waals surface area contributed by atoms with Gasteiger partial charge in [0.15, 0.2) is 0 Å². The van der Waals surface area contributed by atoms with Crippen LogP contribution in [0.1, 0.15) is 25.6 Å². The van der Waals surface area contributed by atoms with Crippen molar-refractivity contribution >= 4 is 23.3 Å². The van der Waals surface area contributed by atoms with Crippen LogP contribution in [0.5, 0.6) is 0 Å². The van der Waals surface area contributed by atoms with Gasteiger partial charge in [0.25, 0.3) is 0 Å². The summed E-state index contributed by atoms with van der Waals surface area (Å²) in [4.78, 5) is 21.0. The maximum absolute atomic E-state index is 10.5. The Kier molecular flexibility index (Phi) is 2.14. The maximum atomic E-state index is 10.5. The number of thiophene rings is 1. The molecule has 0 aliphatic heterocycles. The second-order valence-electron chi connectivity index (χ2n) is 2.21. The first-order chi connectivity index (χ1) is 5.54. The van der Waals surface area contributed by atoms with Crippen LogP contribution in [0.2, 0.25) is 0 Å². The molecule has 0 unspecified atom stereocenters. The zero-order chi connectivity index (χ0) is 9.30. The van der Waals surface area contributed by atoms with Gasteiger partial charge in [0.2, 0.25) is 0 Å². The van der Waals surface area contributed by atoms with E-state index in [1.165, 1.54) is 12.3 Å². The third-order valence-corrected chi connectivity index (χ3v) is 2.53. The molecular formula is C7H6O4S. The molecule has 0 saturated heterocycles. The van der Waals surface area contributed by atoms with Crippen LogP contribution in [0.3, 0.4) is 0 Å². The van der Waals surface area contributed by atoms with E-state index in [4.69, 9.17) is 10.2 Å². The first-order valence-corrected chi connectivity index (χ1v) is 3.96. The van der Waals surface area contributed by atoms with Crippen LogP contribution in [0.25, 0.3) is 0 Å². The minimum absolute atomic E-state index is 0.0670. The van der Waals surface area contributed by atoms with Gasteiger partial charge in [0.05, 0.1) is 5.56 Å². The Labute approximate surface area is 72.1 Å². The van der Waals surface area contributed by atoms with E-state index in [-0.39, 0.29) is 10.4 Å². The molecule has 0 bridgehead atoms. The lowest BCUT2D eigenvalue weighted by atomic mass is 10.2. The van der Waals surface area contributed by atoms with Gasteiger partial charge in [-0.1, -0.05) is 0 Å². The van der Waals surface area contributed by atoms with Gasteiger partial charge in [0, 0.05) is 5.38 Å². The second kappa shape index (κ2) is 2.94. The fraction of sp³-hybridized carbons (Fsp3) is 0.143. The van der Waals surface area contributed by atoms with E-state index in [2.05, 4.69) is 0 Å². The van der Waals surface area contributed by atoms with E-state index in [0.717, 1.165) is 11.3 Å². The lowest BCUT2D eigenvalue weighted by Gasteiger charge is -1.92. The molecule has 0 spiro atoms. The minimum Gasteiger partial charge on any atom is -0.478 e. The van der Waals surface area contributed by atoms with Crippen LogP contribution in [-0.4, -0.2) is 22.2 Å². The SMILES string of the molecule is Cc1c(C(=O)O)csc1C(=O)O. The van der Waals surface area contributed by atoms with Crippen molar-refractivity contribution in [2.24, 2.45) is 0 Å². The van der Waals surface area contributed by atoms with E-state index in [9.17, 15) is 9.59 Å². The summed E-state index contributed by atoms with van der Waals surface area (Å²) in [6.07, 6.45) is 0. The molecule has 1 aromatic heterocycles. The number of rotatable bonds is 2. The highest BCUT2D eigenvalue weighted by Gasteiger charge is 2.17. The van der Waals surface area contributed by atoms with Gasteiger partial charge in [-0.3, -0.25) is 0 Å². The van der Waals surface area contributed by atoms with Gasteiger partial charge in [-0.25, -0.2) is 9.59 Å². The Morgan fingerprint density at radius 1 is 1.33 bits per heavy atom. The molecule has 1 aromatic rings. The number of carboxylic acid groups (broad SMARTS) is 2. The molecule has 0 aliphatic carbocycles. The van der Waals surface area contributed by atoms with Crippen molar-refractivity contribution < 1.29 is 19.8 Å². The molecule has 0 aromatic carbocycles. The molecule has 0 saturated carbocycles. The molecule has 0 atom stereocenters. The summed E-state index contributed by atoms with van der Waals surface area (Å²) in [5.41, 5.74) is 0.386. The molecule has 0 radical (unpaired) electrons. The van der Waals surface area contributed by atoms with Crippen LogP contribution in [0, 0.1) is 6.92 Å². The normalized spacial score (nSPS) is 9.75. The fourth-order valence-corrected chi connectivity index (χ4v) is 1.74. The van der Waals surface area contributed by atoms with Crippen LogP contribution < -0.4 is 0 Å². The zero-order valence-electron chi connectivity index (χ0n) is 6.20. The Morgan fingerprint density at radius 2 is 1.92 bits per heavy atom. The van der Waals surface area contributed by atoms with E-state index in [1.807, 2.05) is 0 Å². The van der Waals surface area contributed by atoms with Crippen LogP contribution in [-0.2, 0) is 0 Å². The standard InChI is InChI=1S/C7H6O4S/c1-3-4(6(8)9)2-12-5(3)7(10)11/h2H,1H3,(H,8,9)(H,10,11). The smallest absolute Gasteiger partial charge is 0.346 e. The van der Waals surface area contributed by atoms with E-state index >= 15 is 0 Å². The predicted molar refractivity (Wildman–Crippen MR) is 43.0 cm³/mol. The largest absolute Gasteiger partial charge is 0.478 e. The highest BCUT2D eigenvalue weighted by Crippen LogP contribution is 2.21. The number of hydrogen-bond donors (Lipinski definition) is 2. The fourth-order valence-electron chi connectivity index (χ4n) is 0.839. The van der Waals surface area contributed by atoms with Crippen molar-refractivity contribution in [2.75, 3.05) is 0 Å². The average Bonchev–Trinajstić information content (AvgIpc) is 2.30. The van der Waals surface area contributed by atoms with Crippen molar-refractivity contribution in [1.82, 2.24) is 0 Å². The van der Waals surface area contributed by atoms with E-state index in [1.54, 1.807) is 0 Å². The molecule has 5 heteroatoms. The van der Waals surface area contributed by atoms with Gasteiger partial charge in [-0.15, -0.1) is 11.3 Å². The van der Waals surface area contributed by atoms with Gasteiger partial charge in [-0.2, -0.15) is 0 Å². The number of carbonyl (C=O) groups is 2. The monoisotopic (exact) mass is 186 g/mol. The van der Waals surface area contributed by atoms with Crippen molar-refractivity contribution in [3.8, 4) is 0 Å². The van der Waals surface area contributed by atoms with Crippen molar-refractivity contribution in [3.05, 3.63) is 21.4 Å². The molecular weight excluding hydrogens is 180 g/mol. The highest BCUT2D eigenvalue weighted by molar-refractivity contribution is 7.12. The summed E-state index contributed by atoms with van der Waals surface area (Å²) in [7, 11) is 0. The molecule has 4 nitrogen and oxygen atoms in total. The minimum atomic E-state index is -1.09. The first kappa shape index (κ1) is 8.73. The van der Waals surface area contributed by atoms with Crippen molar-refractivity contribution in [3.63, 3.8) is 0 Å². The summed E-state index contributed by atoms with van der Waals surface area (Å²) in [5.74, 6) is -2.17. The third kappa shape index (κ3) is 1.31. The third-order valence-electron chi connectivity index (χ3n) is 1.46. The van der Waals surface area contributed by atoms with Crippen LogP contribution in [0.15, 0.2) is 5.38 Å². The lowest BCUT2D eigenvalue weighted by molar-refractivity contribution is 0.0695. The Morgan fingerprint density at radius 3 is 2.17 bits per heavy atom. The molecule has 0 aliphatic rings. The summed E-state index contributed by atoms with van der Waals surface area (Å²) in [6, 6.07) is 0. The summed E-state index contributed by atoms with van der Waals surface area (Å²) >= 11 is 0.932. The molecule has 64 valence electrons. The maximum Gasteiger partial charge on any atom is 0.346 e. The molecule has 0 fully saturated rings. The van der Waals surface area contributed by atoms with Gasteiger partial charge < -0.3 is 10.2 Å². The highest BCUT2D eigenvalue weighted by atomic mass is 32.1. The van der Waals surface area contributed by atoms with Crippen LogP contribution >= 0.6 is 11.3 Å². The van der Waals surface area contributed by atoms with Crippen molar-refractivity contribution in [2.45, 2.75) is 6.92 Å². The van der Waals surface area contributed by atoms with Crippen molar-refractivity contribution in [1.29, 1.82) is 0 Å². The Bertz CT molecular complexity index is 308. The molecule has 1 rings (SSSR count). The van der Waals surface area contributed by atoms with Crippen LogP contribution in [0.4, 0.5) is 0 Å². The first-order valence-electron chi connectivity index (χ1n) is 3.08. The van der Waals surface area contributed by atoms with E-state index in [0.29, 0.717) is 5.56 Å². The van der Waals surface area contributed by atoms with Gasteiger partial charge in [-0.05, 0) is 12.5 Å². The van der Waals surface area contributed by atoms with E-state index < -0.39 is 11.9 Å². The summed E-state index contributed by atoms with van der Waals surface area (Å²) in [6.45, 7) is 1.49. The molecule has 0 amide bonds. The van der Waals surface area contributed by atoms with Gasteiger partial charge >= 0.3 is 11.9 Å². The summed E-state index contributed by atoms with van der Waals surface area (Å²) in [5, 5.41) is 18.5. The number of carboxylic acids is 2. The Hall–Kier alpha value is -1.36. The average molecular weight is 186 g/mol. The zero-order valence-corrected chi connectivity index (χ0v) is 7.01. The van der Waals surface area contributed by atoms with Gasteiger partial charge in [0.1, 0.15) is 4.88 Å². The topological polar surface area (TPSA) is 74.6 Å². The number of aromatic carboxylic acids is 2. The molecule has 2 N–H and O–H groups in total. The molecule has 1 heterocycles. The predicted octanol–water partition coefficient (Wildman–Crippen LogP) is 1.45.